The topological polar surface area (TPSA) is 42.0 Å². The first-order valence-corrected chi connectivity index (χ1v) is 6.80. The largest absolute Gasteiger partial charge is 0.497 e. The van der Waals surface area contributed by atoms with E-state index >= 15 is 0 Å². The molecule has 1 saturated heterocycles. The van der Waals surface area contributed by atoms with Crippen LogP contribution in [0.1, 0.15) is 11.6 Å². The molecule has 0 aliphatic carbocycles. The zero-order chi connectivity index (χ0) is 14.5. The lowest BCUT2D eigenvalue weighted by Gasteiger charge is -2.36. The summed E-state index contributed by atoms with van der Waals surface area (Å²) in [7, 11) is 5.17. The molecule has 1 atom stereocenters. The molecule has 5 heteroatoms. The number of hydrogen-bond donors (Lipinski definition) is 0. The van der Waals surface area contributed by atoms with Crippen LogP contribution in [0.5, 0.6) is 5.75 Å². The van der Waals surface area contributed by atoms with Gasteiger partial charge in [-0.1, -0.05) is 12.1 Å². The van der Waals surface area contributed by atoms with Gasteiger partial charge in [0.05, 0.1) is 14.2 Å². The Hall–Kier alpha value is -1.59. The van der Waals surface area contributed by atoms with Gasteiger partial charge in [-0.25, -0.2) is 4.79 Å². The molecule has 0 N–H and O–H groups in total. The third-order valence-corrected chi connectivity index (χ3v) is 3.76. The average molecular weight is 278 g/mol. The number of ether oxygens (including phenoxy) is 2. The Labute approximate surface area is 120 Å². The molecule has 0 spiro atoms. The highest BCUT2D eigenvalue weighted by atomic mass is 16.5. The van der Waals surface area contributed by atoms with Gasteiger partial charge < -0.3 is 14.4 Å². The fourth-order valence-electron chi connectivity index (χ4n) is 2.47. The predicted molar refractivity (Wildman–Crippen MR) is 76.8 cm³/mol. The minimum atomic E-state index is -0.334. The summed E-state index contributed by atoms with van der Waals surface area (Å²) in [4.78, 5) is 16.6. The van der Waals surface area contributed by atoms with Gasteiger partial charge in [0, 0.05) is 26.2 Å². The van der Waals surface area contributed by atoms with Gasteiger partial charge in [0.2, 0.25) is 0 Å². The third kappa shape index (κ3) is 3.29. The van der Waals surface area contributed by atoms with Gasteiger partial charge in [-0.15, -0.1) is 0 Å². The molecule has 1 heterocycles. The normalized spacial score (nSPS) is 18.6. The van der Waals surface area contributed by atoms with Crippen LogP contribution < -0.4 is 4.74 Å². The molecule has 0 radical (unpaired) electrons. The molecule has 5 nitrogen and oxygen atoms in total. The molecule has 1 aromatic carbocycles. The second-order valence-electron chi connectivity index (χ2n) is 5.04. The number of nitrogens with zero attached hydrogens (tertiary/aromatic N) is 2. The van der Waals surface area contributed by atoms with E-state index in [1.165, 1.54) is 7.11 Å². The van der Waals surface area contributed by atoms with Crippen molar-refractivity contribution in [2.75, 3.05) is 47.4 Å². The summed E-state index contributed by atoms with van der Waals surface area (Å²) in [5.74, 6) is 0.579. The minimum Gasteiger partial charge on any atom is -0.497 e. The van der Waals surface area contributed by atoms with E-state index < -0.39 is 0 Å². The van der Waals surface area contributed by atoms with Gasteiger partial charge in [-0.3, -0.25) is 4.90 Å². The van der Waals surface area contributed by atoms with Gasteiger partial charge in [-0.05, 0) is 24.7 Å². The van der Waals surface area contributed by atoms with Gasteiger partial charge in [-0.2, -0.15) is 0 Å². The smallest absolute Gasteiger partial charge is 0.327 e. The number of methoxy groups -OCH3 is 2. The lowest BCUT2D eigenvalue weighted by Crippen LogP contribution is -2.48. The van der Waals surface area contributed by atoms with E-state index in [2.05, 4.69) is 16.8 Å². The summed E-state index contributed by atoms with van der Waals surface area (Å²) in [5, 5.41) is 0. The predicted octanol–water partition coefficient (Wildman–Crippen LogP) is 1.16. The van der Waals surface area contributed by atoms with Crippen molar-refractivity contribution >= 4 is 5.97 Å². The zero-order valence-electron chi connectivity index (χ0n) is 12.3. The molecule has 1 aromatic rings. The van der Waals surface area contributed by atoms with Crippen molar-refractivity contribution in [1.29, 1.82) is 0 Å². The molecule has 110 valence electrons. The van der Waals surface area contributed by atoms with E-state index in [9.17, 15) is 4.79 Å². The number of hydrogen-bond acceptors (Lipinski definition) is 5. The summed E-state index contributed by atoms with van der Waals surface area (Å²) in [6.07, 6.45) is 0. The van der Waals surface area contributed by atoms with Gasteiger partial charge >= 0.3 is 5.97 Å². The molecule has 0 bridgehead atoms. The van der Waals surface area contributed by atoms with Crippen LogP contribution in [0, 0.1) is 0 Å². The molecule has 1 unspecified atom stereocenters. The Morgan fingerprint density at radius 2 is 1.70 bits per heavy atom. The van der Waals surface area contributed by atoms with Crippen LogP contribution in [-0.4, -0.2) is 63.2 Å². The Balaban J connectivity index is 2.20. The van der Waals surface area contributed by atoms with E-state index in [0.29, 0.717) is 0 Å². The molecular weight excluding hydrogens is 256 g/mol. The van der Waals surface area contributed by atoms with Crippen molar-refractivity contribution < 1.29 is 14.3 Å². The van der Waals surface area contributed by atoms with Gasteiger partial charge in [0.25, 0.3) is 0 Å². The SMILES string of the molecule is COC(=O)C(c1ccc(OC)cc1)N1CCN(C)CC1. The quantitative estimate of drug-likeness (QED) is 0.773. The second-order valence-corrected chi connectivity index (χ2v) is 5.04. The number of piperazine rings is 1. The monoisotopic (exact) mass is 278 g/mol. The maximum atomic E-state index is 12.1. The maximum absolute atomic E-state index is 12.1. The first-order valence-electron chi connectivity index (χ1n) is 6.80. The Morgan fingerprint density at radius 3 is 2.20 bits per heavy atom. The zero-order valence-corrected chi connectivity index (χ0v) is 12.3. The van der Waals surface area contributed by atoms with Crippen molar-refractivity contribution in [1.82, 2.24) is 9.80 Å². The summed E-state index contributed by atoms with van der Waals surface area (Å²) < 4.78 is 10.1. The van der Waals surface area contributed by atoms with Gasteiger partial charge in [0.15, 0.2) is 0 Å². The number of carbonyl (C=O) groups excluding carboxylic acids is 1. The number of esters is 1. The van der Waals surface area contributed by atoms with Crippen LogP contribution in [0.15, 0.2) is 24.3 Å². The van der Waals surface area contributed by atoms with Crippen LogP contribution >= 0.6 is 0 Å². The molecule has 1 aliphatic rings. The van der Waals surface area contributed by atoms with Crippen molar-refractivity contribution in [2.24, 2.45) is 0 Å². The first-order chi connectivity index (χ1) is 9.65. The number of rotatable bonds is 4. The van der Waals surface area contributed by atoms with Crippen molar-refractivity contribution in [3.8, 4) is 5.75 Å². The summed E-state index contributed by atoms with van der Waals surface area (Å²) in [5.41, 5.74) is 0.946. The van der Waals surface area contributed by atoms with Crippen LogP contribution in [0.4, 0.5) is 0 Å². The van der Waals surface area contributed by atoms with Gasteiger partial charge in [0.1, 0.15) is 11.8 Å². The van der Waals surface area contributed by atoms with Crippen LogP contribution in [0.25, 0.3) is 0 Å². The van der Waals surface area contributed by atoms with E-state index in [-0.39, 0.29) is 12.0 Å². The molecular formula is C15H22N2O3. The first kappa shape index (κ1) is 14.8. The molecule has 1 aliphatic heterocycles. The fraction of sp³-hybridized carbons (Fsp3) is 0.533. The Morgan fingerprint density at radius 1 is 1.10 bits per heavy atom. The molecule has 0 saturated carbocycles. The average Bonchev–Trinajstić information content (AvgIpc) is 2.50. The molecule has 0 amide bonds. The third-order valence-electron chi connectivity index (χ3n) is 3.76. The second kappa shape index (κ2) is 6.72. The van der Waals surface area contributed by atoms with E-state index in [1.54, 1.807) is 7.11 Å². The van der Waals surface area contributed by atoms with Crippen LogP contribution in [-0.2, 0) is 9.53 Å². The summed E-state index contributed by atoms with van der Waals surface area (Å²) >= 11 is 0. The summed E-state index contributed by atoms with van der Waals surface area (Å²) in [6, 6.07) is 7.28. The number of carbonyl (C=O) groups is 1. The molecule has 0 aromatic heterocycles. The van der Waals surface area contributed by atoms with Crippen LogP contribution in [0.2, 0.25) is 0 Å². The van der Waals surface area contributed by atoms with E-state index in [0.717, 1.165) is 37.5 Å². The van der Waals surface area contributed by atoms with Crippen molar-refractivity contribution in [3.63, 3.8) is 0 Å². The molecule has 2 rings (SSSR count). The van der Waals surface area contributed by atoms with Crippen molar-refractivity contribution in [3.05, 3.63) is 29.8 Å². The summed E-state index contributed by atoms with van der Waals surface area (Å²) in [6.45, 7) is 3.65. The Bertz CT molecular complexity index is 439. The lowest BCUT2D eigenvalue weighted by molar-refractivity contribution is -0.148. The van der Waals surface area contributed by atoms with E-state index in [1.807, 2.05) is 24.3 Å². The minimum absolute atomic E-state index is 0.209. The highest BCUT2D eigenvalue weighted by molar-refractivity contribution is 5.77. The Kier molecular flexibility index (Phi) is 4.98. The van der Waals surface area contributed by atoms with Crippen molar-refractivity contribution in [2.45, 2.75) is 6.04 Å². The fourth-order valence-corrected chi connectivity index (χ4v) is 2.47. The van der Waals surface area contributed by atoms with E-state index in [4.69, 9.17) is 9.47 Å². The number of benzene rings is 1. The maximum Gasteiger partial charge on any atom is 0.327 e. The van der Waals surface area contributed by atoms with Crippen LogP contribution in [0.3, 0.4) is 0 Å². The highest BCUT2D eigenvalue weighted by Crippen LogP contribution is 2.25. The molecule has 1 fully saturated rings. The number of likely N-dealkylation sites (N-methyl/N-ethyl adjacent to an activating group) is 1. The molecule has 20 heavy (non-hydrogen) atoms. The highest BCUT2D eigenvalue weighted by Gasteiger charge is 2.30. The standard InChI is InChI=1S/C15H22N2O3/c1-16-8-10-17(11-9-16)14(15(18)20-3)12-4-6-13(19-2)7-5-12/h4-7,14H,8-11H2,1-3H3. The lowest BCUT2D eigenvalue weighted by atomic mass is 10.0.